The fourth-order valence-electron chi connectivity index (χ4n) is 1.49. The molecule has 0 aliphatic carbocycles. The van der Waals surface area contributed by atoms with E-state index in [1.807, 2.05) is 0 Å². The molecule has 0 aliphatic rings. The molecule has 0 fully saturated rings. The second-order valence-corrected chi connectivity index (χ2v) is 3.96. The lowest BCUT2D eigenvalue weighted by Gasteiger charge is -1.90. The maximum absolute atomic E-state index is 13.4. The summed E-state index contributed by atoms with van der Waals surface area (Å²) in [5.41, 5.74) is 2.74. The number of aromatic amines is 1. The summed E-state index contributed by atoms with van der Waals surface area (Å²) in [4.78, 5) is 10.9. The Balaban J connectivity index is 2.27. The first kappa shape index (κ1) is 9.41. The Morgan fingerprint density at radius 3 is 2.88 bits per heavy atom. The fraction of sp³-hybridized carbons (Fsp3) is 0. The minimum absolute atomic E-state index is 0.129. The number of halogens is 2. The summed E-state index contributed by atoms with van der Waals surface area (Å²) in [5.74, 6) is -0.855. The Morgan fingerprint density at radius 1 is 1.25 bits per heavy atom. The van der Waals surface area contributed by atoms with Gasteiger partial charge in [0.15, 0.2) is 11.6 Å². The quantitative estimate of drug-likeness (QED) is 0.707. The van der Waals surface area contributed by atoms with Crippen LogP contribution in [0.25, 0.3) is 22.6 Å². The zero-order valence-corrected chi connectivity index (χ0v) is 8.68. The third kappa shape index (κ3) is 1.38. The Hall–Kier alpha value is -1.82. The number of thiazole rings is 1. The molecule has 0 bridgehead atoms. The van der Waals surface area contributed by atoms with Gasteiger partial charge in [-0.25, -0.2) is 18.7 Å². The molecule has 0 aliphatic heterocycles. The van der Waals surface area contributed by atoms with Gasteiger partial charge >= 0.3 is 0 Å². The molecule has 0 spiro atoms. The van der Waals surface area contributed by atoms with Gasteiger partial charge < -0.3 is 4.98 Å². The molecule has 2 heterocycles. The highest BCUT2D eigenvalue weighted by atomic mass is 32.1. The average molecular weight is 237 g/mol. The van der Waals surface area contributed by atoms with E-state index in [2.05, 4.69) is 15.0 Å². The maximum atomic E-state index is 13.4. The molecule has 3 rings (SSSR count). The first-order valence-corrected chi connectivity index (χ1v) is 5.41. The van der Waals surface area contributed by atoms with Crippen LogP contribution in [0.4, 0.5) is 8.78 Å². The van der Waals surface area contributed by atoms with Gasteiger partial charge in [0.1, 0.15) is 17.0 Å². The van der Waals surface area contributed by atoms with Crippen LogP contribution in [-0.4, -0.2) is 15.0 Å². The van der Waals surface area contributed by atoms with E-state index in [0.29, 0.717) is 17.0 Å². The fourth-order valence-corrected chi connectivity index (χ4v) is 2.03. The molecule has 16 heavy (non-hydrogen) atoms. The summed E-state index contributed by atoms with van der Waals surface area (Å²) in [5, 5.41) is 1.78. The molecule has 80 valence electrons. The van der Waals surface area contributed by atoms with Gasteiger partial charge in [-0.2, -0.15) is 0 Å². The normalized spacial score (nSPS) is 11.1. The van der Waals surface area contributed by atoms with Crippen molar-refractivity contribution in [2.75, 3.05) is 0 Å². The van der Waals surface area contributed by atoms with Crippen LogP contribution in [0.15, 0.2) is 23.0 Å². The van der Waals surface area contributed by atoms with E-state index in [9.17, 15) is 8.78 Å². The molecule has 6 heteroatoms. The van der Waals surface area contributed by atoms with E-state index < -0.39 is 11.6 Å². The number of nitrogens with one attached hydrogen (secondary N) is 1. The van der Waals surface area contributed by atoms with Gasteiger partial charge in [-0.15, -0.1) is 11.3 Å². The third-order valence-electron chi connectivity index (χ3n) is 2.18. The van der Waals surface area contributed by atoms with Crippen molar-refractivity contribution in [3.05, 3.63) is 34.7 Å². The Morgan fingerprint density at radius 2 is 2.12 bits per heavy atom. The van der Waals surface area contributed by atoms with Crippen molar-refractivity contribution in [3.8, 4) is 11.5 Å². The number of hydrogen-bond donors (Lipinski definition) is 1. The van der Waals surface area contributed by atoms with Gasteiger partial charge in [0.05, 0.1) is 11.0 Å². The van der Waals surface area contributed by atoms with Gasteiger partial charge in [-0.3, -0.25) is 0 Å². The predicted octanol–water partition coefficient (Wildman–Crippen LogP) is 2.96. The Bertz CT molecular complexity index is 645. The van der Waals surface area contributed by atoms with E-state index in [1.54, 1.807) is 10.9 Å². The van der Waals surface area contributed by atoms with Crippen LogP contribution in [-0.2, 0) is 0 Å². The average Bonchev–Trinajstić information content (AvgIpc) is 2.82. The highest BCUT2D eigenvalue weighted by Crippen LogP contribution is 2.22. The van der Waals surface area contributed by atoms with Crippen molar-refractivity contribution in [3.63, 3.8) is 0 Å². The van der Waals surface area contributed by atoms with Crippen LogP contribution in [0.2, 0.25) is 0 Å². The second kappa shape index (κ2) is 3.34. The van der Waals surface area contributed by atoms with Gasteiger partial charge in [0.2, 0.25) is 0 Å². The molecule has 0 radical (unpaired) electrons. The highest BCUT2D eigenvalue weighted by molar-refractivity contribution is 7.07. The van der Waals surface area contributed by atoms with Crippen molar-refractivity contribution < 1.29 is 8.78 Å². The number of rotatable bonds is 1. The molecule has 1 aromatic carbocycles. The lowest BCUT2D eigenvalue weighted by molar-refractivity contribution is 0.591. The minimum Gasteiger partial charge on any atom is -0.336 e. The SMILES string of the molecule is Fc1cc(F)c2nc(-c3cscn3)[nH]c2c1. The van der Waals surface area contributed by atoms with E-state index in [0.717, 1.165) is 6.07 Å². The topological polar surface area (TPSA) is 41.6 Å². The molecule has 0 atom stereocenters. The number of H-pyrrole nitrogens is 1. The molecular formula is C10H5F2N3S. The molecule has 2 aromatic heterocycles. The summed E-state index contributed by atoms with van der Waals surface area (Å²) in [6.07, 6.45) is 0. The van der Waals surface area contributed by atoms with E-state index in [4.69, 9.17) is 0 Å². The number of aromatic nitrogens is 3. The summed E-state index contributed by atoms with van der Waals surface area (Å²) < 4.78 is 26.3. The van der Waals surface area contributed by atoms with Crippen molar-refractivity contribution in [2.24, 2.45) is 0 Å². The third-order valence-corrected chi connectivity index (χ3v) is 2.77. The van der Waals surface area contributed by atoms with Crippen LogP contribution < -0.4 is 0 Å². The molecule has 0 saturated carbocycles. The van der Waals surface area contributed by atoms with Gasteiger partial charge in [-0.05, 0) is 6.07 Å². The van der Waals surface area contributed by atoms with E-state index in [-0.39, 0.29) is 5.52 Å². The lowest BCUT2D eigenvalue weighted by atomic mass is 10.3. The zero-order chi connectivity index (χ0) is 11.1. The van der Waals surface area contributed by atoms with Crippen LogP contribution in [0, 0.1) is 11.6 Å². The Kier molecular flexibility index (Phi) is 1.97. The second-order valence-electron chi connectivity index (χ2n) is 3.24. The summed E-state index contributed by atoms with van der Waals surface area (Å²) >= 11 is 1.41. The first-order chi connectivity index (χ1) is 7.74. The van der Waals surface area contributed by atoms with Crippen molar-refractivity contribution in [2.45, 2.75) is 0 Å². The van der Waals surface area contributed by atoms with Gasteiger partial charge in [0, 0.05) is 11.4 Å². The van der Waals surface area contributed by atoms with Crippen LogP contribution >= 0.6 is 11.3 Å². The van der Waals surface area contributed by atoms with E-state index >= 15 is 0 Å². The zero-order valence-electron chi connectivity index (χ0n) is 7.87. The van der Waals surface area contributed by atoms with Crippen LogP contribution in [0.3, 0.4) is 0 Å². The minimum atomic E-state index is -0.673. The van der Waals surface area contributed by atoms with Crippen LogP contribution in [0.5, 0.6) is 0 Å². The highest BCUT2D eigenvalue weighted by Gasteiger charge is 2.11. The molecule has 0 amide bonds. The van der Waals surface area contributed by atoms with Crippen LogP contribution in [0.1, 0.15) is 0 Å². The maximum Gasteiger partial charge on any atom is 0.158 e. The van der Waals surface area contributed by atoms with Crippen molar-refractivity contribution >= 4 is 22.4 Å². The molecular weight excluding hydrogens is 232 g/mol. The standard InChI is InChI=1S/C10H5F2N3S/c11-5-1-6(12)9-7(2-5)14-10(15-9)8-3-16-4-13-8/h1-4H,(H,14,15). The molecule has 3 nitrogen and oxygen atoms in total. The Labute approximate surface area is 92.8 Å². The van der Waals surface area contributed by atoms with E-state index in [1.165, 1.54) is 17.4 Å². The molecule has 1 N–H and O–H groups in total. The number of hydrogen-bond acceptors (Lipinski definition) is 3. The number of benzene rings is 1. The van der Waals surface area contributed by atoms with Gasteiger partial charge in [-0.1, -0.05) is 0 Å². The first-order valence-electron chi connectivity index (χ1n) is 4.47. The largest absolute Gasteiger partial charge is 0.336 e. The monoisotopic (exact) mass is 237 g/mol. The van der Waals surface area contributed by atoms with Gasteiger partial charge in [0.25, 0.3) is 0 Å². The lowest BCUT2D eigenvalue weighted by Crippen LogP contribution is -1.81. The summed E-state index contributed by atoms with van der Waals surface area (Å²) in [6, 6.07) is 2.02. The summed E-state index contributed by atoms with van der Waals surface area (Å²) in [7, 11) is 0. The number of fused-ring (bicyclic) bond motifs is 1. The van der Waals surface area contributed by atoms with Crippen molar-refractivity contribution in [1.82, 2.24) is 15.0 Å². The van der Waals surface area contributed by atoms with Crippen molar-refractivity contribution in [1.29, 1.82) is 0 Å². The molecule has 0 saturated heterocycles. The predicted molar refractivity (Wildman–Crippen MR) is 57.1 cm³/mol. The number of nitrogens with zero attached hydrogens (tertiary/aromatic N) is 2. The summed E-state index contributed by atoms with van der Waals surface area (Å²) in [6.45, 7) is 0. The molecule has 0 unspecified atom stereocenters. The molecule has 3 aromatic rings. The smallest absolute Gasteiger partial charge is 0.158 e. The number of imidazole rings is 1.